The summed E-state index contributed by atoms with van der Waals surface area (Å²) in [4.78, 5) is 30.5. The molecular formula is C15H17N3O2S. The summed E-state index contributed by atoms with van der Waals surface area (Å²) in [5.74, 6) is -0.146. The van der Waals surface area contributed by atoms with Crippen LogP contribution in [0.1, 0.15) is 25.3 Å². The Morgan fingerprint density at radius 3 is 2.86 bits per heavy atom. The molecule has 1 aromatic heterocycles. The van der Waals surface area contributed by atoms with Crippen molar-refractivity contribution >= 4 is 33.4 Å². The van der Waals surface area contributed by atoms with Crippen LogP contribution >= 0.6 is 11.3 Å². The molecule has 1 fully saturated rings. The van der Waals surface area contributed by atoms with Crippen LogP contribution in [0.15, 0.2) is 24.3 Å². The maximum atomic E-state index is 12.5. The molecule has 0 saturated carbocycles. The highest BCUT2D eigenvalue weighted by Crippen LogP contribution is 2.24. The summed E-state index contributed by atoms with van der Waals surface area (Å²) in [6.07, 6.45) is 0.333. The normalized spacial score (nSPS) is 18.7. The van der Waals surface area contributed by atoms with Gasteiger partial charge in [0.2, 0.25) is 11.8 Å². The van der Waals surface area contributed by atoms with Crippen LogP contribution in [0.3, 0.4) is 0 Å². The van der Waals surface area contributed by atoms with Crippen molar-refractivity contribution in [2.75, 3.05) is 6.54 Å². The van der Waals surface area contributed by atoms with Crippen LogP contribution in [0.5, 0.6) is 0 Å². The van der Waals surface area contributed by atoms with Gasteiger partial charge in [0.25, 0.3) is 0 Å². The molecule has 1 aliphatic rings. The van der Waals surface area contributed by atoms with Crippen molar-refractivity contribution in [3.8, 4) is 0 Å². The quantitative estimate of drug-likeness (QED) is 0.922. The predicted molar refractivity (Wildman–Crippen MR) is 81.9 cm³/mol. The van der Waals surface area contributed by atoms with Crippen LogP contribution in [0.25, 0.3) is 10.2 Å². The van der Waals surface area contributed by atoms with Crippen molar-refractivity contribution in [1.82, 2.24) is 15.2 Å². The number of aromatic nitrogens is 1. The average Bonchev–Trinajstić information content (AvgIpc) is 2.80. The number of hydrogen-bond donors (Lipinski definition) is 1. The Kier molecular flexibility index (Phi) is 3.41. The molecular weight excluding hydrogens is 286 g/mol. The van der Waals surface area contributed by atoms with E-state index >= 15 is 0 Å². The molecule has 0 bridgehead atoms. The summed E-state index contributed by atoms with van der Waals surface area (Å²) in [6.45, 7) is 4.37. The van der Waals surface area contributed by atoms with Crippen molar-refractivity contribution in [2.45, 2.75) is 32.4 Å². The fourth-order valence-electron chi connectivity index (χ4n) is 2.50. The standard InChI is InChI=1S/C15H17N3O2S/c1-15(2)14(20)18(8-7-12(19)17-15)9-13-16-10-5-3-4-6-11(10)21-13/h3-6H,7-9H2,1-2H3,(H,17,19). The molecule has 2 aromatic rings. The zero-order valence-corrected chi connectivity index (χ0v) is 12.9. The van der Waals surface area contributed by atoms with E-state index in [1.54, 1.807) is 30.1 Å². The lowest BCUT2D eigenvalue weighted by molar-refractivity contribution is -0.137. The number of nitrogens with zero attached hydrogens (tertiary/aromatic N) is 2. The SMILES string of the molecule is CC1(C)NC(=O)CCN(Cc2nc3ccccc3s2)C1=O. The number of amides is 2. The number of rotatable bonds is 2. The molecule has 6 heteroatoms. The summed E-state index contributed by atoms with van der Waals surface area (Å²) in [6, 6.07) is 7.92. The molecule has 1 N–H and O–H groups in total. The number of thiazole rings is 1. The van der Waals surface area contributed by atoms with Crippen LogP contribution < -0.4 is 5.32 Å². The summed E-state index contributed by atoms with van der Waals surface area (Å²) in [7, 11) is 0. The van der Waals surface area contributed by atoms with Gasteiger partial charge >= 0.3 is 0 Å². The highest BCUT2D eigenvalue weighted by atomic mass is 32.1. The molecule has 1 aliphatic heterocycles. The van der Waals surface area contributed by atoms with Gasteiger partial charge in [0.15, 0.2) is 0 Å². The predicted octanol–water partition coefficient (Wildman–Crippen LogP) is 1.92. The Bertz CT molecular complexity index is 675. The Hall–Kier alpha value is -1.95. The summed E-state index contributed by atoms with van der Waals surface area (Å²) in [5, 5.41) is 3.66. The lowest BCUT2D eigenvalue weighted by Crippen LogP contribution is -2.52. The number of fused-ring (bicyclic) bond motifs is 1. The molecule has 1 saturated heterocycles. The first-order chi connectivity index (χ1) is 9.95. The van der Waals surface area contributed by atoms with Gasteiger partial charge in [-0.1, -0.05) is 12.1 Å². The Balaban J connectivity index is 1.85. The molecule has 0 radical (unpaired) electrons. The third-order valence-corrected chi connectivity index (χ3v) is 4.57. The lowest BCUT2D eigenvalue weighted by Gasteiger charge is -2.28. The number of carbonyl (C=O) groups is 2. The second-order valence-electron chi connectivity index (χ2n) is 5.73. The molecule has 5 nitrogen and oxygen atoms in total. The van der Waals surface area contributed by atoms with Gasteiger partial charge in [0.05, 0.1) is 16.8 Å². The molecule has 2 amide bonds. The van der Waals surface area contributed by atoms with Crippen molar-refractivity contribution in [3.05, 3.63) is 29.3 Å². The van der Waals surface area contributed by atoms with E-state index in [1.165, 1.54) is 0 Å². The minimum absolute atomic E-state index is 0.0624. The van der Waals surface area contributed by atoms with E-state index in [4.69, 9.17) is 0 Å². The molecule has 1 aromatic carbocycles. The zero-order valence-electron chi connectivity index (χ0n) is 12.0. The van der Waals surface area contributed by atoms with Gasteiger partial charge < -0.3 is 10.2 Å². The van der Waals surface area contributed by atoms with E-state index in [0.717, 1.165) is 15.2 Å². The Labute approximate surface area is 127 Å². The number of nitrogens with one attached hydrogen (secondary N) is 1. The monoisotopic (exact) mass is 303 g/mol. The molecule has 0 atom stereocenters. The van der Waals surface area contributed by atoms with E-state index in [-0.39, 0.29) is 11.8 Å². The fourth-order valence-corrected chi connectivity index (χ4v) is 3.48. The molecule has 110 valence electrons. The number of para-hydroxylation sites is 1. The van der Waals surface area contributed by atoms with Gasteiger partial charge in [-0.3, -0.25) is 9.59 Å². The third kappa shape index (κ3) is 2.76. The van der Waals surface area contributed by atoms with Crippen LogP contribution in [0, 0.1) is 0 Å². The topological polar surface area (TPSA) is 62.3 Å². The van der Waals surface area contributed by atoms with E-state index in [0.29, 0.717) is 19.5 Å². The van der Waals surface area contributed by atoms with Gasteiger partial charge in [-0.05, 0) is 26.0 Å². The average molecular weight is 303 g/mol. The molecule has 0 unspecified atom stereocenters. The van der Waals surface area contributed by atoms with Crippen LogP contribution in [0.2, 0.25) is 0 Å². The molecule has 0 spiro atoms. The van der Waals surface area contributed by atoms with Crippen LogP contribution in [-0.4, -0.2) is 33.8 Å². The number of benzene rings is 1. The van der Waals surface area contributed by atoms with Gasteiger partial charge in [-0.15, -0.1) is 11.3 Å². The second kappa shape index (κ2) is 5.11. The van der Waals surface area contributed by atoms with Crippen molar-refractivity contribution in [2.24, 2.45) is 0 Å². The van der Waals surface area contributed by atoms with Crippen LogP contribution in [0.4, 0.5) is 0 Å². The van der Waals surface area contributed by atoms with Crippen molar-refractivity contribution < 1.29 is 9.59 Å². The number of hydrogen-bond acceptors (Lipinski definition) is 4. The first-order valence-electron chi connectivity index (χ1n) is 6.90. The van der Waals surface area contributed by atoms with Crippen molar-refractivity contribution in [1.29, 1.82) is 0 Å². The lowest BCUT2D eigenvalue weighted by atomic mass is 10.0. The van der Waals surface area contributed by atoms with E-state index in [1.807, 2.05) is 24.3 Å². The van der Waals surface area contributed by atoms with E-state index in [2.05, 4.69) is 10.3 Å². The maximum absolute atomic E-state index is 12.5. The Morgan fingerprint density at radius 1 is 1.33 bits per heavy atom. The van der Waals surface area contributed by atoms with E-state index in [9.17, 15) is 9.59 Å². The van der Waals surface area contributed by atoms with Gasteiger partial charge in [-0.25, -0.2) is 4.98 Å². The summed E-state index contributed by atoms with van der Waals surface area (Å²) in [5.41, 5.74) is 0.0952. The third-order valence-electron chi connectivity index (χ3n) is 3.55. The highest BCUT2D eigenvalue weighted by Gasteiger charge is 2.36. The highest BCUT2D eigenvalue weighted by molar-refractivity contribution is 7.18. The first kappa shape index (κ1) is 14.0. The number of carbonyl (C=O) groups excluding carboxylic acids is 2. The first-order valence-corrected chi connectivity index (χ1v) is 7.72. The minimum atomic E-state index is -0.857. The maximum Gasteiger partial charge on any atom is 0.248 e. The smallest absolute Gasteiger partial charge is 0.248 e. The second-order valence-corrected chi connectivity index (χ2v) is 6.84. The largest absolute Gasteiger partial charge is 0.342 e. The summed E-state index contributed by atoms with van der Waals surface area (Å²) >= 11 is 1.59. The van der Waals surface area contributed by atoms with Gasteiger partial charge in [0, 0.05) is 13.0 Å². The minimum Gasteiger partial charge on any atom is -0.342 e. The van der Waals surface area contributed by atoms with Crippen molar-refractivity contribution in [3.63, 3.8) is 0 Å². The Morgan fingerprint density at radius 2 is 2.10 bits per heavy atom. The molecule has 0 aliphatic carbocycles. The molecule has 21 heavy (non-hydrogen) atoms. The molecule has 3 rings (SSSR count). The molecule has 2 heterocycles. The van der Waals surface area contributed by atoms with E-state index < -0.39 is 5.54 Å². The van der Waals surface area contributed by atoms with Crippen LogP contribution in [-0.2, 0) is 16.1 Å². The van der Waals surface area contributed by atoms with Gasteiger partial charge in [0.1, 0.15) is 10.5 Å². The zero-order chi connectivity index (χ0) is 15.0. The fraction of sp³-hybridized carbons (Fsp3) is 0.400. The van der Waals surface area contributed by atoms with Gasteiger partial charge in [-0.2, -0.15) is 0 Å². The summed E-state index contributed by atoms with van der Waals surface area (Å²) < 4.78 is 1.11.